The second-order valence-electron chi connectivity index (χ2n) is 4.63. The van der Waals surface area contributed by atoms with Gasteiger partial charge in [-0.15, -0.1) is 11.3 Å². The summed E-state index contributed by atoms with van der Waals surface area (Å²) in [5, 5.41) is 8.66. The van der Waals surface area contributed by atoms with E-state index in [0.717, 1.165) is 33.0 Å². The second-order valence-corrected chi connectivity index (χ2v) is 5.71. The van der Waals surface area contributed by atoms with Crippen LogP contribution in [0.3, 0.4) is 0 Å². The molecule has 4 heteroatoms. The molecular weight excluding hydrogens is 254 g/mol. The number of aryl methyl sites for hydroxylation is 1. The third-order valence-corrected chi connectivity index (χ3v) is 4.53. The lowest BCUT2D eigenvalue weighted by molar-refractivity contribution is 0.898. The number of benzene rings is 1. The zero-order chi connectivity index (χ0) is 13.4. The first-order chi connectivity index (χ1) is 9.20. The van der Waals surface area contributed by atoms with E-state index < -0.39 is 0 Å². The normalized spacial score (nSPS) is 11.1. The molecule has 2 aromatic heterocycles. The lowest BCUT2D eigenvalue weighted by Gasteiger charge is -1.99. The minimum absolute atomic E-state index is 0.858. The van der Waals surface area contributed by atoms with Crippen LogP contribution >= 0.6 is 11.3 Å². The molecule has 0 radical (unpaired) electrons. The van der Waals surface area contributed by atoms with Gasteiger partial charge in [0.05, 0.1) is 4.70 Å². The SMILES string of the molecule is Cc1c(C=N)c2sc(Cc3ccccc3)nc2n1C. The van der Waals surface area contributed by atoms with Crippen molar-refractivity contribution in [2.75, 3.05) is 0 Å². The Kier molecular flexibility index (Phi) is 2.95. The molecule has 0 saturated carbocycles. The van der Waals surface area contributed by atoms with Gasteiger partial charge in [-0.25, -0.2) is 4.98 Å². The average molecular weight is 269 g/mol. The Morgan fingerprint density at radius 1 is 1.32 bits per heavy atom. The van der Waals surface area contributed by atoms with E-state index in [1.165, 1.54) is 11.8 Å². The van der Waals surface area contributed by atoms with Crippen LogP contribution in [0.2, 0.25) is 0 Å². The Balaban J connectivity index is 2.05. The number of hydrogen-bond donors (Lipinski definition) is 1. The van der Waals surface area contributed by atoms with E-state index in [2.05, 4.69) is 28.8 Å². The van der Waals surface area contributed by atoms with Crippen LogP contribution in [0.4, 0.5) is 0 Å². The highest BCUT2D eigenvalue weighted by atomic mass is 32.1. The molecule has 96 valence electrons. The highest BCUT2D eigenvalue weighted by Crippen LogP contribution is 2.30. The number of nitrogens with one attached hydrogen (secondary N) is 1. The van der Waals surface area contributed by atoms with Crippen molar-refractivity contribution in [2.24, 2.45) is 7.05 Å². The third-order valence-electron chi connectivity index (χ3n) is 3.45. The molecule has 3 nitrogen and oxygen atoms in total. The number of rotatable bonds is 3. The molecule has 0 bridgehead atoms. The van der Waals surface area contributed by atoms with Crippen molar-refractivity contribution in [3.8, 4) is 0 Å². The van der Waals surface area contributed by atoms with Gasteiger partial charge in [0, 0.05) is 30.9 Å². The van der Waals surface area contributed by atoms with Crippen LogP contribution in [0.5, 0.6) is 0 Å². The Bertz CT molecular complexity index is 738. The van der Waals surface area contributed by atoms with Gasteiger partial charge in [-0.1, -0.05) is 30.3 Å². The first kappa shape index (κ1) is 12.1. The molecular formula is C15H15N3S. The van der Waals surface area contributed by atoms with Gasteiger partial charge in [-0.2, -0.15) is 0 Å². The summed E-state index contributed by atoms with van der Waals surface area (Å²) >= 11 is 1.70. The van der Waals surface area contributed by atoms with E-state index in [-0.39, 0.29) is 0 Å². The maximum absolute atomic E-state index is 7.55. The quantitative estimate of drug-likeness (QED) is 0.726. The van der Waals surface area contributed by atoms with Gasteiger partial charge < -0.3 is 9.98 Å². The summed E-state index contributed by atoms with van der Waals surface area (Å²) in [5.74, 6) is 0. The molecule has 2 heterocycles. The van der Waals surface area contributed by atoms with E-state index in [0.29, 0.717) is 0 Å². The fourth-order valence-corrected chi connectivity index (χ4v) is 3.47. The molecule has 0 aliphatic carbocycles. The van der Waals surface area contributed by atoms with Crippen LogP contribution in [-0.4, -0.2) is 15.8 Å². The summed E-state index contributed by atoms with van der Waals surface area (Å²) in [5.41, 5.74) is 4.37. The maximum atomic E-state index is 7.55. The first-order valence-electron chi connectivity index (χ1n) is 6.20. The number of hydrogen-bond acceptors (Lipinski definition) is 3. The van der Waals surface area contributed by atoms with Crippen molar-refractivity contribution in [3.05, 3.63) is 52.2 Å². The van der Waals surface area contributed by atoms with Crippen LogP contribution in [0, 0.1) is 12.3 Å². The van der Waals surface area contributed by atoms with Crippen molar-refractivity contribution >= 4 is 27.9 Å². The van der Waals surface area contributed by atoms with Gasteiger partial charge >= 0.3 is 0 Å². The standard InChI is InChI=1S/C15H15N3S/c1-10-12(9-16)14-15(18(10)2)17-13(19-14)8-11-6-4-3-5-7-11/h3-7,9,16H,8H2,1-2H3. The Hall–Kier alpha value is -1.94. The fourth-order valence-electron chi connectivity index (χ4n) is 2.28. The van der Waals surface area contributed by atoms with Crippen LogP contribution < -0.4 is 0 Å². The van der Waals surface area contributed by atoms with Crippen molar-refractivity contribution in [3.63, 3.8) is 0 Å². The monoisotopic (exact) mass is 269 g/mol. The van der Waals surface area contributed by atoms with Crippen molar-refractivity contribution in [1.29, 1.82) is 5.41 Å². The lowest BCUT2D eigenvalue weighted by atomic mass is 10.2. The summed E-state index contributed by atoms with van der Waals surface area (Å²) in [6, 6.07) is 10.4. The van der Waals surface area contributed by atoms with Gasteiger partial charge in [0.1, 0.15) is 5.01 Å². The molecule has 1 aromatic carbocycles. The van der Waals surface area contributed by atoms with E-state index >= 15 is 0 Å². The molecule has 0 aliphatic rings. The van der Waals surface area contributed by atoms with Crippen LogP contribution in [-0.2, 0) is 13.5 Å². The molecule has 19 heavy (non-hydrogen) atoms. The molecule has 3 rings (SSSR count). The molecule has 0 saturated heterocycles. The minimum Gasteiger partial charge on any atom is -0.332 e. The van der Waals surface area contributed by atoms with Crippen LogP contribution in [0.1, 0.15) is 21.8 Å². The Labute approximate surface area is 116 Å². The molecule has 0 amide bonds. The predicted octanol–water partition coefficient (Wildman–Crippen LogP) is 3.53. The van der Waals surface area contributed by atoms with Gasteiger partial charge in [0.25, 0.3) is 0 Å². The molecule has 0 unspecified atom stereocenters. The van der Waals surface area contributed by atoms with Gasteiger partial charge in [0.2, 0.25) is 0 Å². The second kappa shape index (κ2) is 4.63. The van der Waals surface area contributed by atoms with Crippen molar-refractivity contribution in [2.45, 2.75) is 13.3 Å². The van der Waals surface area contributed by atoms with Crippen molar-refractivity contribution < 1.29 is 0 Å². The molecule has 0 fully saturated rings. The largest absolute Gasteiger partial charge is 0.332 e. The Morgan fingerprint density at radius 3 is 2.74 bits per heavy atom. The van der Waals surface area contributed by atoms with Gasteiger partial charge in [0.15, 0.2) is 5.65 Å². The smallest absolute Gasteiger partial charge is 0.151 e. The summed E-state index contributed by atoms with van der Waals surface area (Å²) in [6.07, 6.45) is 2.29. The number of aromatic nitrogens is 2. The average Bonchev–Trinajstić information content (AvgIpc) is 2.91. The van der Waals surface area contributed by atoms with E-state index in [4.69, 9.17) is 10.4 Å². The minimum atomic E-state index is 0.858. The topological polar surface area (TPSA) is 41.7 Å². The zero-order valence-electron chi connectivity index (χ0n) is 11.0. The molecule has 0 aliphatic heterocycles. The highest BCUT2D eigenvalue weighted by Gasteiger charge is 2.15. The number of fused-ring (bicyclic) bond motifs is 1. The van der Waals surface area contributed by atoms with E-state index in [1.54, 1.807) is 11.3 Å². The summed E-state index contributed by atoms with van der Waals surface area (Å²) in [4.78, 5) is 4.72. The zero-order valence-corrected chi connectivity index (χ0v) is 11.8. The predicted molar refractivity (Wildman–Crippen MR) is 80.5 cm³/mol. The number of thiazole rings is 1. The lowest BCUT2D eigenvalue weighted by Crippen LogP contribution is -1.94. The summed E-state index contributed by atoms with van der Waals surface area (Å²) < 4.78 is 3.20. The van der Waals surface area contributed by atoms with Crippen LogP contribution in [0.15, 0.2) is 30.3 Å². The fraction of sp³-hybridized carbons (Fsp3) is 0.200. The van der Waals surface area contributed by atoms with E-state index in [9.17, 15) is 0 Å². The van der Waals surface area contributed by atoms with Gasteiger partial charge in [-0.3, -0.25) is 0 Å². The maximum Gasteiger partial charge on any atom is 0.151 e. The molecule has 0 spiro atoms. The molecule has 1 N–H and O–H groups in total. The highest BCUT2D eigenvalue weighted by molar-refractivity contribution is 7.19. The summed E-state index contributed by atoms with van der Waals surface area (Å²) in [6.45, 7) is 2.03. The molecule has 3 aromatic rings. The van der Waals surface area contributed by atoms with Gasteiger partial charge in [-0.05, 0) is 12.5 Å². The molecule has 0 atom stereocenters. The van der Waals surface area contributed by atoms with Crippen molar-refractivity contribution in [1.82, 2.24) is 9.55 Å². The van der Waals surface area contributed by atoms with Crippen LogP contribution in [0.25, 0.3) is 10.3 Å². The summed E-state index contributed by atoms with van der Waals surface area (Å²) in [7, 11) is 2.01. The first-order valence-corrected chi connectivity index (χ1v) is 7.01. The Morgan fingerprint density at radius 2 is 2.05 bits per heavy atom. The number of nitrogens with zero attached hydrogens (tertiary/aromatic N) is 2. The third kappa shape index (κ3) is 1.98. The van der Waals surface area contributed by atoms with E-state index in [1.807, 2.05) is 20.0 Å².